The lowest BCUT2D eigenvalue weighted by molar-refractivity contribution is -0.128. The Bertz CT molecular complexity index is 1740. The van der Waals surface area contributed by atoms with Crippen LogP contribution in [0.25, 0.3) is 15.6 Å². The van der Waals surface area contributed by atoms with Crippen molar-refractivity contribution >= 4 is 39.8 Å². The largest absolute Gasteiger partial charge is 0.458 e. The molecule has 3 aromatic rings. The molecule has 46 heavy (non-hydrogen) atoms. The number of nitrogens with zero attached hydrogens (tertiary/aromatic N) is 7. The fraction of sp³-hybridized carbons (Fsp3) is 0.486. The zero-order valence-electron chi connectivity index (χ0n) is 26.4. The van der Waals surface area contributed by atoms with E-state index in [0.29, 0.717) is 56.0 Å². The average molecular weight is 644 g/mol. The number of carbonyl (C=O) groups is 1. The second kappa shape index (κ2) is 12.0. The first-order valence-corrected chi connectivity index (χ1v) is 16.4. The molecule has 1 unspecified atom stereocenters. The quantitative estimate of drug-likeness (QED) is 0.254. The molecule has 4 aliphatic rings. The van der Waals surface area contributed by atoms with Gasteiger partial charge < -0.3 is 29.2 Å². The molecule has 0 N–H and O–H groups in total. The van der Waals surface area contributed by atoms with E-state index in [1.165, 1.54) is 25.0 Å². The van der Waals surface area contributed by atoms with E-state index in [1.54, 1.807) is 11.0 Å². The summed E-state index contributed by atoms with van der Waals surface area (Å²) >= 11 is 6.54. The van der Waals surface area contributed by atoms with Crippen LogP contribution in [0.3, 0.4) is 0 Å². The van der Waals surface area contributed by atoms with Gasteiger partial charge in [0, 0.05) is 48.9 Å². The molecular formula is C35H39ClFN7O2. The fourth-order valence-electron chi connectivity index (χ4n) is 7.76. The Kier molecular flexibility index (Phi) is 8.02. The third-order valence-electron chi connectivity index (χ3n) is 10.4. The van der Waals surface area contributed by atoms with Gasteiger partial charge in [0.2, 0.25) is 12.5 Å². The number of anilines is 2. The maximum Gasteiger partial charge on any atom is 0.319 e. The Morgan fingerprint density at radius 3 is 2.76 bits per heavy atom. The van der Waals surface area contributed by atoms with Gasteiger partial charge in [-0.15, -0.1) is 0 Å². The molecule has 0 radical (unpaired) electrons. The van der Waals surface area contributed by atoms with Gasteiger partial charge in [-0.2, -0.15) is 9.97 Å². The van der Waals surface area contributed by atoms with Gasteiger partial charge in [-0.1, -0.05) is 36.4 Å². The first-order chi connectivity index (χ1) is 22.2. The highest BCUT2D eigenvalue weighted by molar-refractivity contribution is 6.36. The number of hydrogen-bond acceptors (Lipinski definition) is 7. The molecular weight excluding hydrogens is 605 g/mol. The monoisotopic (exact) mass is 643 g/mol. The van der Waals surface area contributed by atoms with Crippen LogP contribution in [-0.4, -0.2) is 90.7 Å². The lowest BCUT2D eigenvalue weighted by Crippen LogP contribution is -2.56. The SMILES string of the molecule is [C-]#[N+]CC1CN(c2nc(O[C@@H]3CC4(CC4)C[C@H]3N(C)C)nc3c2CCN(c2cccc4ccc(F)c(Cl)c24)C3)CCN1C(=O)C=C. The van der Waals surface area contributed by atoms with Crippen LogP contribution in [0.2, 0.25) is 5.02 Å². The van der Waals surface area contributed by atoms with Crippen LogP contribution in [0.15, 0.2) is 43.0 Å². The van der Waals surface area contributed by atoms with Crippen molar-refractivity contribution < 1.29 is 13.9 Å². The van der Waals surface area contributed by atoms with Crippen molar-refractivity contribution in [2.24, 2.45) is 5.41 Å². The van der Waals surface area contributed by atoms with Gasteiger partial charge in [0.25, 0.3) is 0 Å². The van der Waals surface area contributed by atoms with E-state index in [4.69, 9.17) is 32.9 Å². The molecule has 1 saturated heterocycles. The van der Waals surface area contributed by atoms with Crippen molar-refractivity contribution in [1.82, 2.24) is 19.8 Å². The Hall–Kier alpha value is -3.94. The molecule has 7 rings (SSSR count). The maximum absolute atomic E-state index is 14.6. The number of ether oxygens (including phenoxy) is 1. The molecule has 2 saturated carbocycles. The smallest absolute Gasteiger partial charge is 0.319 e. The van der Waals surface area contributed by atoms with Crippen LogP contribution in [0.5, 0.6) is 6.01 Å². The molecule has 2 aliphatic carbocycles. The van der Waals surface area contributed by atoms with Crippen LogP contribution in [0.1, 0.15) is 36.9 Å². The second-order valence-electron chi connectivity index (χ2n) is 13.4. The lowest BCUT2D eigenvalue weighted by Gasteiger charge is -2.41. The Labute approximate surface area is 274 Å². The van der Waals surface area contributed by atoms with Gasteiger partial charge in [-0.05, 0) is 75.2 Å². The van der Waals surface area contributed by atoms with E-state index in [1.807, 2.05) is 18.2 Å². The second-order valence-corrected chi connectivity index (χ2v) is 13.8. The van der Waals surface area contributed by atoms with E-state index < -0.39 is 5.82 Å². The molecule has 1 aromatic heterocycles. The molecule has 9 nitrogen and oxygen atoms in total. The Morgan fingerprint density at radius 2 is 2.02 bits per heavy atom. The van der Waals surface area contributed by atoms with E-state index in [-0.39, 0.29) is 35.7 Å². The number of piperazine rings is 1. The summed E-state index contributed by atoms with van der Waals surface area (Å²) in [6, 6.07) is 9.43. The van der Waals surface area contributed by atoms with Gasteiger partial charge >= 0.3 is 6.01 Å². The minimum atomic E-state index is -0.442. The van der Waals surface area contributed by atoms with Crippen LogP contribution in [-0.2, 0) is 17.8 Å². The first kappa shape index (κ1) is 30.7. The van der Waals surface area contributed by atoms with Crippen LogP contribution < -0.4 is 14.5 Å². The molecule has 1 amide bonds. The summed E-state index contributed by atoms with van der Waals surface area (Å²) in [7, 11) is 4.22. The van der Waals surface area contributed by atoms with Gasteiger partial charge in [-0.25, -0.2) is 11.0 Å². The number of aromatic nitrogens is 2. The number of likely N-dealkylation sites (N-methyl/N-ethyl adjacent to an activating group) is 1. The standard InChI is InChI=1S/C35H39ClFN7O2/c1-5-30(45)44-16-15-43(20-23(44)19-38-2)33-24-11-14-42(27-8-6-7-22-9-10-25(37)32(36)31(22)27)21-26(24)39-34(40-33)46-29-18-35(12-13-35)17-28(29)41(3)4/h5-10,23,28-29H,1,11-21H2,3-4H3/t23?,28-,29-/m1/s1. The summed E-state index contributed by atoms with van der Waals surface area (Å²) in [6.45, 7) is 14.1. The molecule has 3 fully saturated rings. The molecule has 1 spiro atoms. The minimum Gasteiger partial charge on any atom is -0.458 e. The number of fused-ring (bicyclic) bond motifs is 2. The van der Waals surface area contributed by atoms with Gasteiger partial charge in [0.1, 0.15) is 23.8 Å². The van der Waals surface area contributed by atoms with Crippen LogP contribution in [0, 0.1) is 17.8 Å². The summed E-state index contributed by atoms with van der Waals surface area (Å²) in [5.41, 5.74) is 3.14. The third-order valence-corrected chi connectivity index (χ3v) is 10.8. The van der Waals surface area contributed by atoms with Crippen molar-refractivity contribution in [3.05, 3.63) is 76.5 Å². The van der Waals surface area contributed by atoms with E-state index >= 15 is 0 Å². The summed E-state index contributed by atoms with van der Waals surface area (Å²) in [4.78, 5) is 34.8. The van der Waals surface area contributed by atoms with Gasteiger partial charge in [-0.3, -0.25) is 4.79 Å². The number of rotatable bonds is 7. The zero-order valence-corrected chi connectivity index (χ0v) is 27.1. The third kappa shape index (κ3) is 5.54. The molecule has 3 heterocycles. The highest BCUT2D eigenvalue weighted by Gasteiger charge is 2.54. The maximum atomic E-state index is 14.6. The number of amides is 1. The van der Waals surface area contributed by atoms with E-state index in [9.17, 15) is 9.18 Å². The fourth-order valence-corrected chi connectivity index (χ4v) is 8.03. The number of benzene rings is 2. The first-order valence-electron chi connectivity index (χ1n) is 16.1. The Morgan fingerprint density at radius 1 is 1.20 bits per heavy atom. The normalized spacial score (nSPS) is 23.5. The predicted molar refractivity (Wildman–Crippen MR) is 178 cm³/mol. The van der Waals surface area contributed by atoms with Crippen molar-refractivity contribution in [3.63, 3.8) is 0 Å². The van der Waals surface area contributed by atoms with E-state index in [0.717, 1.165) is 41.0 Å². The molecule has 3 atom stereocenters. The summed E-state index contributed by atoms with van der Waals surface area (Å²) in [5, 5.41) is 1.69. The van der Waals surface area contributed by atoms with Crippen molar-refractivity contribution in [1.29, 1.82) is 0 Å². The van der Waals surface area contributed by atoms with Gasteiger partial charge in [0.05, 0.1) is 17.3 Å². The molecule has 2 aliphatic heterocycles. The van der Waals surface area contributed by atoms with Gasteiger partial charge in [0.15, 0.2) is 0 Å². The summed E-state index contributed by atoms with van der Waals surface area (Å²) < 4.78 is 21.3. The van der Waals surface area contributed by atoms with Crippen molar-refractivity contribution in [2.45, 2.75) is 56.8 Å². The van der Waals surface area contributed by atoms with Crippen LogP contribution >= 0.6 is 11.6 Å². The molecule has 11 heteroatoms. The van der Waals surface area contributed by atoms with Crippen LogP contribution in [0.4, 0.5) is 15.9 Å². The predicted octanol–water partition coefficient (Wildman–Crippen LogP) is 5.36. The Balaban J connectivity index is 1.26. The van der Waals surface area contributed by atoms with Crippen molar-refractivity contribution in [2.75, 3.05) is 56.6 Å². The summed E-state index contributed by atoms with van der Waals surface area (Å²) in [6.07, 6.45) is 6.57. The highest BCUT2D eigenvalue weighted by atomic mass is 35.5. The minimum absolute atomic E-state index is 0.0140. The van der Waals surface area contributed by atoms with E-state index in [2.05, 4.69) is 40.2 Å². The molecule has 0 bridgehead atoms. The number of halogens is 2. The number of hydrogen-bond donors (Lipinski definition) is 0. The lowest BCUT2D eigenvalue weighted by atomic mass is 10.0. The summed E-state index contributed by atoms with van der Waals surface area (Å²) in [5.74, 6) is 0.207. The molecule has 240 valence electrons. The highest BCUT2D eigenvalue weighted by Crippen LogP contribution is 2.59. The number of carbonyl (C=O) groups excluding carboxylic acids is 1. The topological polar surface area (TPSA) is 69.4 Å². The molecule has 2 aromatic carbocycles. The van der Waals surface area contributed by atoms with Crippen molar-refractivity contribution in [3.8, 4) is 6.01 Å². The average Bonchev–Trinajstić information content (AvgIpc) is 3.72. The zero-order chi connectivity index (χ0) is 32.2.